The molecule has 1 aliphatic heterocycles. The van der Waals surface area contributed by atoms with Gasteiger partial charge in [-0.3, -0.25) is 14.4 Å². The standard InChI is InChI=1S/C23H27NO4/c1-13-18-7-17(2-3-19(18)24-22(13)27)20(25)12-28-21(26)11-23-8-14-4-15(9-23)6-16(5-14)10-23/h2-3,7,13-16H,4-6,8-12H2,1H3,(H,24,27)/t13-,14?,15?,16?,23?/m0/s1. The van der Waals surface area contributed by atoms with Crippen LogP contribution < -0.4 is 5.32 Å². The van der Waals surface area contributed by atoms with E-state index in [2.05, 4.69) is 5.32 Å². The Labute approximate surface area is 165 Å². The van der Waals surface area contributed by atoms with Crippen LogP contribution in [0, 0.1) is 23.2 Å². The fraction of sp³-hybridized carbons (Fsp3) is 0.609. The lowest BCUT2D eigenvalue weighted by Gasteiger charge is -2.56. The molecule has 1 heterocycles. The molecule has 1 aromatic carbocycles. The average Bonchev–Trinajstić information content (AvgIpc) is 2.92. The first-order valence-electron chi connectivity index (χ1n) is 10.5. The van der Waals surface area contributed by atoms with Crippen molar-refractivity contribution in [2.75, 3.05) is 11.9 Å². The fourth-order valence-electron chi connectivity index (χ4n) is 6.68. The Kier molecular flexibility index (Phi) is 4.11. The van der Waals surface area contributed by atoms with Crippen LogP contribution in [0.1, 0.15) is 73.7 Å². The van der Waals surface area contributed by atoms with Gasteiger partial charge in [0.2, 0.25) is 5.91 Å². The van der Waals surface area contributed by atoms with E-state index >= 15 is 0 Å². The SMILES string of the molecule is C[C@@H]1C(=O)Nc2ccc(C(=O)COC(=O)CC34CC5CC(CC(C5)C3)C4)cc21. The van der Waals surface area contributed by atoms with Gasteiger partial charge in [0.1, 0.15) is 0 Å². The Bertz CT molecular complexity index is 823. The summed E-state index contributed by atoms with van der Waals surface area (Å²) < 4.78 is 5.39. The number of hydrogen-bond donors (Lipinski definition) is 1. The molecule has 1 atom stereocenters. The van der Waals surface area contributed by atoms with Gasteiger partial charge in [-0.2, -0.15) is 0 Å². The van der Waals surface area contributed by atoms with E-state index in [-0.39, 0.29) is 35.6 Å². The molecule has 148 valence electrons. The van der Waals surface area contributed by atoms with Crippen LogP contribution in [-0.4, -0.2) is 24.3 Å². The molecule has 4 aliphatic carbocycles. The predicted octanol–water partition coefficient (Wildman–Crippen LogP) is 4.07. The summed E-state index contributed by atoms with van der Waals surface area (Å²) in [5, 5.41) is 2.80. The summed E-state index contributed by atoms with van der Waals surface area (Å²) >= 11 is 0. The summed E-state index contributed by atoms with van der Waals surface area (Å²) in [6, 6.07) is 5.18. The molecule has 4 saturated carbocycles. The van der Waals surface area contributed by atoms with E-state index in [4.69, 9.17) is 4.74 Å². The highest BCUT2D eigenvalue weighted by atomic mass is 16.5. The number of anilines is 1. The van der Waals surface area contributed by atoms with Crippen molar-refractivity contribution in [3.63, 3.8) is 0 Å². The van der Waals surface area contributed by atoms with Gasteiger partial charge < -0.3 is 10.1 Å². The minimum absolute atomic E-state index is 0.0541. The summed E-state index contributed by atoms with van der Waals surface area (Å²) in [4.78, 5) is 36.8. The first-order chi connectivity index (χ1) is 13.4. The number of ether oxygens (including phenoxy) is 1. The van der Waals surface area contributed by atoms with Crippen molar-refractivity contribution in [1.82, 2.24) is 0 Å². The number of carbonyl (C=O) groups is 3. The summed E-state index contributed by atoms with van der Waals surface area (Å²) in [5.74, 6) is 1.62. The highest BCUT2D eigenvalue weighted by molar-refractivity contribution is 6.05. The zero-order valence-electron chi connectivity index (χ0n) is 16.3. The maximum atomic E-state index is 12.5. The number of benzene rings is 1. The predicted molar refractivity (Wildman–Crippen MR) is 104 cm³/mol. The van der Waals surface area contributed by atoms with E-state index in [9.17, 15) is 14.4 Å². The molecule has 5 nitrogen and oxygen atoms in total. The zero-order valence-corrected chi connectivity index (χ0v) is 16.3. The van der Waals surface area contributed by atoms with E-state index in [0.29, 0.717) is 12.0 Å². The molecule has 1 amide bonds. The van der Waals surface area contributed by atoms with Gasteiger partial charge in [-0.1, -0.05) is 0 Å². The van der Waals surface area contributed by atoms with Crippen molar-refractivity contribution in [2.45, 2.75) is 57.8 Å². The second-order valence-electron chi connectivity index (χ2n) is 9.69. The van der Waals surface area contributed by atoms with Gasteiger partial charge in [-0.25, -0.2) is 0 Å². The number of Topliss-reactive ketones (excluding diaryl/α,β-unsaturated/α-hetero) is 1. The molecule has 4 fully saturated rings. The molecular weight excluding hydrogens is 354 g/mol. The molecule has 0 saturated heterocycles. The zero-order chi connectivity index (χ0) is 19.5. The van der Waals surface area contributed by atoms with Gasteiger partial charge in [-0.05, 0) is 92.4 Å². The Morgan fingerprint density at radius 1 is 1.11 bits per heavy atom. The van der Waals surface area contributed by atoms with E-state index < -0.39 is 0 Å². The highest BCUT2D eigenvalue weighted by Gasteiger charge is 2.51. The molecule has 0 spiro atoms. The molecule has 0 aromatic heterocycles. The molecular formula is C23H27NO4. The number of ketones is 1. The highest BCUT2D eigenvalue weighted by Crippen LogP contribution is 2.61. The average molecular weight is 381 g/mol. The van der Waals surface area contributed by atoms with Gasteiger partial charge >= 0.3 is 5.97 Å². The van der Waals surface area contributed by atoms with Crippen LogP contribution in [-0.2, 0) is 14.3 Å². The summed E-state index contributed by atoms with van der Waals surface area (Å²) in [5.41, 5.74) is 2.21. The first-order valence-corrected chi connectivity index (χ1v) is 10.5. The quantitative estimate of drug-likeness (QED) is 0.616. The van der Waals surface area contributed by atoms with Crippen molar-refractivity contribution in [2.24, 2.45) is 23.2 Å². The Hall–Kier alpha value is -2.17. The number of fused-ring (bicyclic) bond motifs is 1. The number of rotatable bonds is 5. The maximum Gasteiger partial charge on any atom is 0.306 e. The number of hydrogen-bond acceptors (Lipinski definition) is 4. The summed E-state index contributed by atoms with van der Waals surface area (Å²) in [6.45, 7) is 1.60. The van der Waals surface area contributed by atoms with E-state index in [1.54, 1.807) is 18.2 Å². The maximum absolute atomic E-state index is 12.5. The monoisotopic (exact) mass is 381 g/mol. The smallest absolute Gasteiger partial charge is 0.306 e. The molecule has 1 N–H and O–H groups in total. The normalized spacial score (nSPS) is 34.8. The largest absolute Gasteiger partial charge is 0.457 e. The van der Waals surface area contributed by atoms with Crippen LogP contribution in [0.2, 0.25) is 0 Å². The van der Waals surface area contributed by atoms with Crippen LogP contribution in [0.4, 0.5) is 5.69 Å². The molecule has 0 unspecified atom stereocenters. The second kappa shape index (κ2) is 6.43. The van der Waals surface area contributed by atoms with Crippen LogP contribution in [0.3, 0.4) is 0 Å². The first kappa shape index (κ1) is 17.9. The minimum atomic E-state index is -0.263. The molecule has 5 aliphatic rings. The third kappa shape index (κ3) is 3.05. The van der Waals surface area contributed by atoms with Gasteiger partial charge in [0, 0.05) is 11.3 Å². The van der Waals surface area contributed by atoms with Gasteiger partial charge in [0.25, 0.3) is 0 Å². The number of nitrogens with one attached hydrogen (secondary N) is 1. The van der Waals surface area contributed by atoms with Gasteiger partial charge in [-0.15, -0.1) is 0 Å². The topological polar surface area (TPSA) is 72.5 Å². The Morgan fingerprint density at radius 2 is 1.75 bits per heavy atom. The van der Waals surface area contributed by atoms with Crippen molar-refractivity contribution >= 4 is 23.3 Å². The third-order valence-corrected chi connectivity index (χ3v) is 7.54. The van der Waals surface area contributed by atoms with Crippen molar-refractivity contribution in [1.29, 1.82) is 0 Å². The van der Waals surface area contributed by atoms with Crippen LogP contribution in [0.15, 0.2) is 18.2 Å². The lowest BCUT2D eigenvalue weighted by molar-refractivity contribution is -0.150. The molecule has 1 aromatic rings. The number of esters is 1. The molecule has 0 radical (unpaired) electrons. The molecule has 4 bridgehead atoms. The van der Waals surface area contributed by atoms with Crippen molar-refractivity contribution in [3.8, 4) is 0 Å². The number of amides is 1. The lowest BCUT2D eigenvalue weighted by Crippen LogP contribution is -2.47. The second-order valence-corrected chi connectivity index (χ2v) is 9.69. The minimum Gasteiger partial charge on any atom is -0.457 e. The Morgan fingerprint density at radius 3 is 2.39 bits per heavy atom. The van der Waals surface area contributed by atoms with Crippen LogP contribution in [0.25, 0.3) is 0 Å². The molecule has 5 heteroatoms. The Balaban J connectivity index is 1.20. The van der Waals surface area contributed by atoms with Gasteiger partial charge in [0.05, 0.1) is 12.3 Å². The van der Waals surface area contributed by atoms with E-state index in [1.165, 1.54) is 19.3 Å². The van der Waals surface area contributed by atoms with Crippen molar-refractivity contribution < 1.29 is 19.1 Å². The van der Waals surface area contributed by atoms with Gasteiger partial charge in [0.15, 0.2) is 12.4 Å². The lowest BCUT2D eigenvalue weighted by atomic mass is 9.49. The fourth-order valence-corrected chi connectivity index (χ4v) is 6.68. The number of carbonyl (C=O) groups excluding carboxylic acids is 3. The third-order valence-electron chi connectivity index (χ3n) is 7.54. The van der Waals surface area contributed by atoms with Crippen molar-refractivity contribution in [3.05, 3.63) is 29.3 Å². The summed E-state index contributed by atoms with van der Waals surface area (Å²) in [7, 11) is 0. The van der Waals surface area contributed by atoms with E-state index in [1.807, 2.05) is 6.92 Å². The summed E-state index contributed by atoms with van der Waals surface area (Å²) in [6.07, 6.45) is 7.98. The van der Waals surface area contributed by atoms with Crippen LogP contribution in [0.5, 0.6) is 0 Å². The van der Waals surface area contributed by atoms with E-state index in [0.717, 1.165) is 48.3 Å². The van der Waals surface area contributed by atoms with Crippen LogP contribution >= 0.6 is 0 Å². The molecule has 28 heavy (non-hydrogen) atoms. The molecule has 6 rings (SSSR count).